The van der Waals surface area contributed by atoms with Crippen LogP contribution in [0.2, 0.25) is 0 Å². The average Bonchev–Trinajstić information content (AvgIpc) is 2.87. The normalized spacial score (nSPS) is 13.4. The Hall–Kier alpha value is -3.28. The molecule has 3 unspecified atom stereocenters. The summed E-state index contributed by atoms with van der Waals surface area (Å²) in [5.41, 5.74) is 6.14. The van der Waals surface area contributed by atoms with E-state index in [9.17, 15) is 19.2 Å². The zero-order valence-corrected chi connectivity index (χ0v) is 23.6. The van der Waals surface area contributed by atoms with E-state index in [1.54, 1.807) is 12.1 Å². The molecule has 3 atom stereocenters. The minimum atomic E-state index is -0.937. The second kappa shape index (κ2) is 12.8. The van der Waals surface area contributed by atoms with Crippen molar-refractivity contribution in [2.24, 2.45) is 5.92 Å². The minimum Gasteiger partial charge on any atom is -0.456 e. The van der Waals surface area contributed by atoms with Gasteiger partial charge in [-0.05, 0) is 87.8 Å². The van der Waals surface area contributed by atoms with Crippen LogP contribution in [0.15, 0.2) is 24.3 Å². The van der Waals surface area contributed by atoms with Crippen molar-refractivity contribution in [3.63, 3.8) is 0 Å². The number of ether oxygens (including phenoxy) is 2. The summed E-state index contributed by atoms with van der Waals surface area (Å²) < 4.78 is 11.3. The standard InChI is InChI=1S/C31H40O6/c1-10-12-27(37-31(35)29(33)25-16-14-18(4)20(6)22(25)8)23(9)26(11-2)36-30(34)28(32)24-15-13-17(3)19(5)21(24)7/h13-16,23,26-27H,10-12H2,1-9H3. The van der Waals surface area contributed by atoms with Crippen molar-refractivity contribution >= 4 is 23.5 Å². The van der Waals surface area contributed by atoms with Gasteiger partial charge in [-0.1, -0.05) is 51.5 Å². The van der Waals surface area contributed by atoms with Gasteiger partial charge in [0.25, 0.3) is 11.6 Å². The lowest BCUT2D eigenvalue weighted by atomic mass is 9.92. The molecule has 0 saturated heterocycles. The summed E-state index contributed by atoms with van der Waals surface area (Å²) in [4.78, 5) is 51.5. The molecule has 200 valence electrons. The Morgan fingerprint density at radius 3 is 1.43 bits per heavy atom. The summed E-state index contributed by atoms with van der Waals surface area (Å²) in [5, 5.41) is 0. The molecule has 0 aliphatic rings. The second-order valence-electron chi connectivity index (χ2n) is 9.96. The second-order valence-corrected chi connectivity index (χ2v) is 9.96. The van der Waals surface area contributed by atoms with E-state index in [1.165, 1.54) is 0 Å². The maximum Gasteiger partial charge on any atom is 0.379 e. The smallest absolute Gasteiger partial charge is 0.379 e. The van der Waals surface area contributed by atoms with Crippen LogP contribution in [-0.2, 0) is 19.1 Å². The van der Waals surface area contributed by atoms with Crippen molar-refractivity contribution < 1.29 is 28.7 Å². The van der Waals surface area contributed by atoms with Crippen LogP contribution >= 0.6 is 0 Å². The number of hydrogen-bond acceptors (Lipinski definition) is 6. The number of ketones is 2. The molecule has 0 saturated carbocycles. The molecule has 0 N–H and O–H groups in total. The van der Waals surface area contributed by atoms with Gasteiger partial charge in [0.2, 0.25) is 0 Å². The summed E-state index contributed by atoms with van der Waals surface area (Å²) in [7, 11) is 0. The van der Waals surface area contributed by atoms with Crippen LogP contribution in [0.1, 0.15) is 94.1 Å². The van der Waals surface area contributed by atoms with Gasteiger partial charge in [-0.2, -0.15) is 0 Å². The first-order valence-electron chi connectivity index (χ1n) is 13.0. The zero-order valence-electron chi connectivity index (χ0n) is 23.6. The quantitative estimate of drug-likeness (QED) is 0.202. The lowest BCUT2D eigenvalue weighted by Gasteiger charge is -2.29. The predicted octanol–water partition coefficient (Wildman–Crippen LogP) is 6.27. The highest BCUT2D eigenvalue weighted by atomic mass is 16.6. The molecular formula is C31H40O6. The molecule has 0 spiro atoms. The molecule has 0 fully saturated rings. The maximum atomic E-state index is 12.9. The number of rotatable bonds is 11. The van der Waals surface area contributed by atoms with Crippen molar-refractivity contribution in [2.45, 2.75) is 93.8 Å². The van der Waals surface area contributed by atoms with Gasteiger partial charge in [-0.25, -0.2) is 9.59 Å². The average molecular weight is 509 g/mol. The minimum absolute atomic E-state index is 0.321. The van der Waals surface area contributed by atoms with Gasteiger partial charge in [0, 0.05) is 17.0 Å². The van der Waals surface area contributed by atoms with Crippen LogP contribution < -0.4 is 0 Å². The highest BCUT2D eigenvalue weighted by Gasteiger charge is 2.34. The van der Waals surface area contributed by atoms with Crippen molar-refractivity contribution in [3.05, 3.63) is 68.8 Å². The van der Waals surface area contributed by atoms with E-state index in [0.717, 1.165) is 33.4 Å². The molecule has 0 bridgehead atoms. The molecule has 2 aromatic carbocycles. The molecule has 0 aliphatic heterocycles. The fourth-order valence-electron chi connectivity index (χ4n) is 4.52. The third-order valence-corrected chi connectivity index (χ3v) is 7.64. The number of carbonyl (C=O) groups excluding carboxylic acids is 4. The fraction of sp³-hybridized carbons (Fsp3) is 0.484. The van der Waals surface area contributed by atoms with Gasteiger partial charge in [-0.3, -0.25) is 9.59 Å². The van der Waals surface area contributed by atoms with Gasteiger partial charge in [0.1, 0.15) is 12.2 Å². The summed E-state index contributed by atoms with van der Waals surface area (Å²) >= 11 is 0. The molecule has 6 heteroatoms. The fourth-order valence-corrected chi connectivity index (χ4v) is 4.52. The van der Waals surface area contributed by atoms with Crippen LogP contribution in [0.5, 0.6) is 0 Å². The molecule has 0 amide bonds. The van der Waals surface area contributed by atoms with Crippen molar-refractivity contribution in [3.8, 4) is 0 Å². The third-order valence-electron chi connectivity index (χ3n) is 7.64. The number of carbonyl (C=O) groups is 4. The number of Topliss-reactive ketones (excluding diaryl/α,β-unsaturated/α-hetero) is 2. The largest absolute Gasteiger partial charge is 0.456 e. The van der Waals surface area contributed by atoms with Gasteiger partial charge in [0.15, 0.2) is 0 Å². The highest BCUT2D eigenvalue weighted by Crippen LogP contribution is 2.25. The molecule has 2 aromatic rings. The van der Waals surface area contributed by atoms with E-state index in [4.69, 9.17) is 9.47 Å². The molecule has 0 aliphatic carbocycles. The molecule has 0 radical (unpaired) electrons. The molecule has 0 aromatic heterocycles. The van der Waals surface area contributed by atoms with Gasteiger partial charge < -0.3 is 9.47 Å². The highest BCUT2D eigenvalue weighted by molar-refractivity contribution is 6.41. The number of esters is 2. The summed E-state index contributed by atoms with van der Waals surface area (Å²) in [6.07, 6.45) is 0.304. The molecule has 37 heavy (non-hydrogen) atoms. The third kappa shape index (κ3) is 6.73. The Morgan fingerprint density at radius 1 is 0.649 bits per heavy atom. The Balaban J connectivity index is 2.19. The number of benzene rings is 2. The van der Waals surface area contributed by atoms with E-state index >= 15 is 0 Å². The van der Waals surface area contributed by atoms with Gasteiger partial charge in [-0.15, -0.1) is 0 Å². The van der Waals surface area contributed by atoms with E-state index in [0.29, 0.717) is 30.4 Å². The monoisotopic (exact) mass is 508 g/mol. The predicted molar refractivity (Wildman–Crippen MR) is 144 cm³/mol. The summed E-state index contributed by atoms with van der Waals surface area (Å²) in [5.74, 6) is -3.68. The van der Waals surface area contributed by atoms with E-state index < -0.39 is 41.6 Å². The Bertz CT molecular complexity index is 1190. The van der Waals surface area contributed by atoms with Gasteiger partial charge in [0.05, 0.1) is 0 Å². The first-order chi connectivity index (χ1) is 17.3. The molecule has 0 heterocycles. The van der Waals surface area contributed by atoms with Gasteiger partial charge >= 0.3 is 11.9 Å². The molecule has 2 rings (SSSR count). The first-order valence-corrected chi connectivity index (χ1v) is 13.0. The van der Waals surface area contributed by atoms with Crippen molar-refractivity contribution in [1.29, 1.82) is 0 Å². The van der Waals surface area contributed by atoms with E-state index in [2.05, 4.69) is 0 Å². The summed E-state index contributed by atoms with van der Waals surface area (Å²) in [6, 6.07) is 6.92. The van der Waals surface area contributed by atoms with Crippen molar-refractivity contribution in [2.75, 3.05) is 0 Å². The van der Waals surface area contributed by atoms with E-state index in [1.807, 2.05) is 74.4 Å². The Morgan fingerprint density at radius 2 is 1.05 bits per heavy atom. The van der Waals surface area contributed by atoms with E-state index in [-0.39, 0.29) is 0 Å². The van der Waals surface area contributed by atoms with Crippen LogP contribution in [0, 0.1) is 47.5 Å². The Kier molecular flexibility index (Phi) is 10.4. The topological polar surface area (TPSA) is 86.7 Å². The van der Waals surface area contributed by atoms with Crippen LogP contribution in [0.3, 0.4) is 0 Å². The van der Waals surface area contributed by atoms with Crippen LogP contribution in [0.4, 0.5) is 0 Å². The number of hydrogen-bond donors (Lipinski definition) is 0. The first kappa shape index (κ1) is 29.9. The van der Waals surface area contributed by atoms with Crippen LogP contribution in [0.25, 0.3) is 0 Å². The van der Waals surface area contributed by atoms with Crippen molar-refractivity contribution in [1.82, 2.24) is 0 Å². The number of aryl methyl sites for hydroxylation is 2. The molecular weight excluding hydrogens is 468 g/mol. The lowest BCUT2D eigenvalue weighted by molar-refractivity contribution is -0.155. The van der Waals surface area contributed by atoms with Crippen LogP contribution in [-0.4, -0.2) is 35.7 Å². The zero-order chi connectivity index (χ0) is 28.0. The molecule has 6 nitrogen and oxygen atoms in total. The summed E-state index contributed by atoms with van der Waals surface area (Å²) in [6.45, 7) is 17.0. The SMILES string of the molecule is CCCC(OC(=O)C(=O)c1ccc(C)c(C)c1C)C(C)C(CC)OC(=O)C(=O)c1ccc(C)c(C)c1C. The Labute approximate surface area is 220 Å². The maximum absolute atomic E-state index is 12.9. The lowest BCUT2D eigenvalue weighted by Crippen LogP contribution is -2.38.